The third kappa shape index (κ3) is 9.97. The lowest BCUT2D eigenvalue weighted by atomic mass is 10.0. The summed E-state index contributed by atoms with van der Waals surface area (Å²) in [5, 5.41) is 19.6. The van der Waals surface area contributed by atoms with Gasteiger partial charge in [0, 0.05) is 13.1 Å². The number of aliphatic hydroxyl groups excluding tert-OH is 1. The molecule has 1 fully saturated rings. The van der Waals surface area contributed by atoms with E-state index >= 15 is 0 Å². The largest absolute Gasteiger partial charge is 0.453 e. The maximum atomic E-state index is 14.0. The van der Waals surface area contributed by atoms with Crippen molar-refractivity contribution in [1.29, 1.82) is 0 Å². The number of ether oxygens (including phenoxy) is 1. The van der Waals surface area contributed by atoms with Crippen LogP contribution in [0.1, 0.15) is 39.2 Å². The van der Waals surface area contributed by atoms with E-state index in [2.05, 4.69) is 30.7 Å². The van der Waals surface area contributed by atoms with Crippen molar-refractivity contribution in [3.63, 3.8) is 0 Å². The first-order valence-corrected chi connectivity index (χ1v) is 17.2. The number of benzene rings is 2. The van der Waals surface area contributed by atoms with Gasteiger partial charge in [0.2, 0.25) is 27.8 Å². The van der Waals surface area contributed by atoms with Gasteiger partial charge in [0.25, 0.3) is 0 Å². The highest BCUT2D eigenvalue weighted by molar-refractivity contribution is 7.89. The summed E-state index contributed by atoms with van der Waals surface area (Å²) in [4.78, 5) is 46.6. The zero-order chi connectivity index (χ0) is 34.1. The van der Waals surface area contributed by atoms with Crippen molar-refractivity contribution in [2.75, 3.05) is 45.2 Å². The maximum Gasteiger partial charge on any atom is 0.413 e. The molecule has 256 valence electrons. The van der Waals surface area contributed by atoms with Crippen LogP contribution in [0.15, 0.2) is 53.4 Å². The van der Waals surface area contributed by atoms with Gasteiger partial charge in [-0.05, 0) is 69.0 Å². The van der Waals surface area contributed by atoms with E-state index in [1.54, 1.807) is 6.92 Å². The van der Waals surface area contributed by atoms with Crippen LogP contribution < -0.4 is 16.0 Å². The summed E-state index contributed by atoms with van der Waals surface area (Å²) in [7, 11) is -2.93. The van der Waals surface area contributed by atoms with Crippen LogP contribution in [0.3, 0.4) is 0 Å². The van der Waals surface area contributed by atoms with Gasteiger partial charge in [0.1, 0.15) is 6.04 Å². The number of aromatic amines is 1. The highest BCUT2D eigenvalue weighted by Gasteiger charge is 2.32. The third-order valence-electron chi connectivity index (χ3n) is 7.88. The van der Waals surface area contributed by atoms with Crippen LogP contribution in [-0.2, 0) is 30.8 Å². The van der Waals surface area contributed by atoms with E-state index in [0.29, 0.717) is 11.0 Å². The fraction of sp³-hybridized carbons (Fsp3) is 0.500. The van der Waals surface area contributed by atoms with Gasteiger partial charge in [0.15, 0.2) is 0 Å². The number of hydrogen-bond acceptors (Lipinski definition) is 9. The normalized spacial score (nSPS) is 15.8. The zero-order valence-electron chi connectivity index (χ0n) is 27.2. The zero-order valence-corrected chi connectivity index (χ0v) is 28.0. The number of methoxy groups -OCH3 is 1. The minimum absolute atomic E-state index is 0.0379. The summed E-state index contributed by atoms with van der Waals surface area (Å²) in [6, 6.07) is 11.9. The van der Waals surface area contributed by atoms with Gasteiger partial charge in [-0.25, -0.2) is 18.2 Å². The topological polar surface area (TPSA) is 186 Å². The molecule has 47 heavy (non-hydrogen) atoms. The van der Waals surface area contributed by atoms with Crippen molar-refractivity contribution < 1.29 is 32.6 Å². The summed E-state index contributed by atoms with van der Waals surface area (Å²) in [5.74, 6) is -0.737. The van der Waals surface area contributed by atoms with Crippen molar-refractivity contribution in [1.82, 2.24) is 29.8 Å². The number of amides is 3. The number of aliphatic hydroxyl groups is 1. The summed E-state index contributed by atoms with van der Waals surface area (Å²) in [5.41, 5.74) is 1.64. The Morgan fingerprint density at radius 3 is 2.40 bits per heavy atom. The van der Waals surface area contributed by atoms with Crippen LogP contribution in [0.2, 0.25) is 0 Å². The molecule has 0 bridgehead atoms. The highest BCUT2D eigenvalue weighted by atomic mass is 32.2. The number of fused-ring (bicyclic) bond motifs is 1. The average molecular weight is 672 g/mol. The van der Waals surface area contributed by atoms with Gasteiger partial charge >= 0.3 is 6.09 Å². The summed E-state index contributed by atoms with van der Waals surface area (Å²) >= 11 is 0. The number of carbonyl (C=O) groups is 3. The Morgan fingerprint density at radius 1 is 1.04 bits per heavy atom. The molecular formula is C32H45N7O7S. The number of sulfonamides is 1. The smallest absolute Gasteiger partial charge is 0.413 e. The van der Waals surface area contributed by atoms with Crippen LogP contribution >= 0.6 is 0 Å². The minimum atomic E-state index is -4.14. The number of imidazole rings is 1. The van der Waals surface area contributed by atoms with E-state index < -0.39 is 40.2 Å². The Hall–Kier alpha value is -4.05. The Bertz CT molecular complexity index is 1620. The molecule has 1 aliphatic heterocycles. The van der Waals surface area contributed by atoms with Crippen LogP contribution in [0.5, 0.6) is 0 Å². The lowest BCUT2D eigenvalue weighted by Gasteiger charge is -2.31. The summed E-state index contributed by atoms with van der Waals surface area (Å²) in [6.45, 7) is 7.02. The first-order valence-electron chi connectivity index (χ1n) is 15.7. The number of carbonyl (C=O) groups excluding carboxylic acids is 3. The molecule has 0 spiro atoms. The molecule has 14 nitrogen and oxygen atoms in total. The Balaban J connectivity index is 1.53. The lowest BCUT2D eigenvalue weighted by molar-refractivity contribution is -0.129. The first kappa shape index (κ1) is 35.8. The second kappa shape index (κ2) is 16.2. The van der Waals surface area contributed by atoms with Gasteiger partial charge in [-0.1, -0.05) is 44.2 Å². The van der Waals surface area contributed by atoms with E-state index in [4.69, 9.17) is 0 Å². The predicted molar refractivity (Wildman–Crippen MR) is 177 cm³/mol. The standard InChI is InChI=1S/C32H45N7O7S/c1-21(2)18-39(47(44,45)24-12-13-25-26(17-24)36-31(35-25)37-32(43)46-4)19-28(40)27(16-23-10-6-5-7-11-23)34-30(42)22(3)33-29(41)20-38-14-8-9-15-38/h5-7,10-13,17,21-22,27-28,40H,8-9,14-16,18-20H2,1-4H3,(H,33,41)(H,34,42)(H2,35,36,37,43)/t22-,27-,28?/m0/s1. The van der Waals surface area contributed by atoms with Crippen molar-refractivity contribution in [2.24, 2.45) is 5.92 Å². The number of nitrogens with one attached hydrogen (secondary N) is 4. The van der Waals surface area contributed by atoms with E-state index in [1.165, 1.54) is 29.6 Å². The number of hydrogen-bond donors (Lipinski definition) is 5. The van der Waals surface area contributed by atoms with Crippen molar-refractivity contribution >= 4 is 44.9 Å². The molecule has 4 rings (SSSR count). The van der Waals surface area contributed by atoms with Gasteiger partial charge in [-0.15, -0.1) is 0 Å². The van der Waals surface area contributed by atoms with E-state index in [0.717, 1.165) is 31.5 Å². The molecule has 0 saturated carbocycles. The number of H-pyrrole nitrogens is 1. The highest BCUT2D eigenvalue weighted by Crippen LogP contribution is 2.24. The molecule has 1 unspecified atom stereocenters. The molecule has 5 N–H and O–H groups in total. The second-order valence-electron chi connectivity index (χ2n) is 12.2. The van der Waals surface area contributed by atoms with Gasteiger partial charge in [0.05, 0.1) is 41.7 Å². The lowest BCUT2D eigenvalue weighted by Crippen LogP contribution is -2.55. The Kier molecular flexibility index (Phi) is 12.3. The Morgan fingerprint density at radius 2 is 1.74 bits per heavy atom. The van der Waals surface area contributed by atoms with Crippen molar-refractivity contribution in [3.8, 4) is 0 Å². The summed E-state index contributed by atoms with van der Waals surface area (Å²) < 4.78 is 33.8. The quantitative estimate of drug-likeness (QED) is 0.161. The monoisotopic (exact) mass is 671 g/mol. The van der Waals surface area contributed by atoms with E-state index in [9.17, 15) is 27.9 Å². The summed E-state index contributed by atoms with van der Waals surface area (Å²) in [6.07, 6.45) is 0.281. The number of aromatic nitrogens is 2. The van der Waals surface area contributed by atoms with Crippen LogP contribution in [0, 0.1) is 5.92 Å². The first-order chi connectivity index (χ1) is 22.3. The fourth-order valence-electron chi connectivity index (χ4n) is 5.47. The van der Waals surface area contributed by atoms with E-state index in [-0.39, 0.29) is 48.7 Å². The Labute approximate surface area is 275 Å². The molecular weight excluding hydrogens is 626 g/mol. The number of nitrogens with zero attached hydrogens (tertiary/aromatic N) is 3. The maximum absolute atomic E-state index is 14.0. The molecule has 1 saturated heterocycles. The number of anilines is 1. The molecule has 0 aliphatic carbocycles. The number of likely N-dealkylation sites (tertiary alicyclic amines) is 1. The van der Waals surface area contributed by atoms with Crippen LogP contribution in [0.4, 0.5) is 10.7 Å². The molecule has 3 amide bonds. The molecule has 3 atom stereocenters. The van der Waals surface area contributed by atoms with E-state index in [1.807, 2.05) is 49.1 Å². The SMILES string of the molecule is COC(=O)Nc1nc2ccc(S(=O)(=O)N(CC(C)C)CC(O)[C@H](Cc3ccccc3)NC(=O)[C@H](C)NC(=O)CN3CCCC3)cc2[nH]1. The van der Waals surface area contributed by atoms with Gasteiger partial charge < -0.3 is 25.5 Å². The molecule has 2 aromatic carbocycles. The fourth-order valence-corrected chi connectivity index (χ4v) is 7.12. The molecule has 0 radical (unpaired) electrons. The minimum Gasteiger partial charge on any atom is -0.453 e. The average Bonchev–Trinajstić information content (AvgIpc) is 3.69. The molecule has 2 heterocycles. The predicted octanol–water partition coefficient (Wildman–Crippen LogP) is 2.08. The van der Waals surface area contributed by atoms with Crippen molar-refractivity contribution in [2.45, 2.75) is 63.1 Å². The van der Waals surface area contributed by atoms with Crippen LogP contribution in [0.25, 0.3) is 11.0 Å². The third-order valence-corrected chi connectivity index (χ3v) is 9.71. The van der Waals surface area contributed by atoms with Gasteiger partial charge in [-0.2, -0.15) is 4.31 Å². The number of rotatable bonds is 15. The molecule has 15 heteroatoms. The van der Waals surface area contributed by atoms with Crippen molar-refractivity contribution in [3.05, 3.63) is 54.1 Å². The van der Waals surface area contributed by atoms with Gasteiger partial charge in [-0.3, -0.25) is 19.8 Å². The molecule has 3 aromatic rings. The molecule has 1 aromatic heterocycles. The molecule has 1 aliphatic rings. The van der Waals surface area contributed by atoms with Crippen LogP contribution in [-0.4, -0.2) is 109 Å². The second-order valence-corrected chi connectivity index (χ2v) is 14.2.